The van der Waals surface area contributed by atoms with Gasteiger partial charge in [0.25, 0.3) is 5.91 Å². The molecule has 1 aliphatic carbocycles. The van der Waals surface area contributed by atoms with Gasteiger partial charge in [0.1, 0.15) is 0 Å². The maximum atomic E-state index is 11.8. The van der Waals surface area contributed by atoms with Gasteiger partial charge in [0.2, 0.25) is 0 Å². The van der Waals surface area contributed by atoms with E-state index in [1.54, 1.807) is 6.08 Å². The van der Waals surface area contributed by atoms with Crippen molar-refractivity contribution in [3.63, 3.8) is 0 Å². The van der Waals surface area contributed by atoms with E-state index in [1.807, 2.05) is 30.3 Å². The third-order valence-electron chi connectivity index (χ3n) is 3.78. The van der Waals surface area contributed by atoms with E-state index in [1.165, 1.54) is 18.9 Å². The summed E-state index contributed by atoms with van der Waals surface area (Å²) in [4.78, 5) is 23.4. The van der Waals surface area contributed by atoms with Gasteiger partial charge < -0.3 is 10.1 Å². The number of esters is 1. The zero-order chi connectivity index (χ0) is 15.6. The van der Waals surface area contributed by atoms with Gasteiger partial charge in [0.15, 0.2) is 6.61 Å². The van der Waals surface area contributed by atoms with Crippen molar-refractivity contribution in [3.05, 3.63) is 42.0 Å². The second kappa shape index (κ2) is 9.03. The fraction of sp³-hybridized carbons (Fsp3) is 0.444. The highest BCUT2D eigenvalue weighted by molar-refractivity contribution is 5.89. The van der Waals surface area contributed by atoms with Gasteiger partial charge in [-0.2, -0.15) is 0 Å². The first kappa shape index (κ1) is 16.3. The number of amides is 1. The Hall–Kier alpha value is -2.10. The average molecular weight is 301 g/mol. The Bertz CT molecular complexity index is 502. The first-order chi connectivity index (χ1) is 10.7. The summed E-state index contributed by atoms with van der Waals surface area (Å²) < 4.78 is 4.96. The summed E-state index contributed by atoms with van der Waals surface area (Å²) in [5.74, 6) is -0.715. The number of rotatable bonds is 5. The van der Waals surface area contributed by atoms with Crippen LogP contribution in [0.15, 0.2) is 36.4 Å². The van der Waals surface area contributed by atoms with Gasteiger partial charge in [-0.05, 0) is 24.5 Å². The maximum Gasteiger partial charge on any atom is 0.331 e. The minimum atomic E-state index is -0.500. The fourth-order valence-electron chi connectivity index (χ4n) is 2.61. The van der Waals surface area contributed by atoms with Crippen LogP contribution in [0.5, 0.6) is 0 Å². The molecule has 2 rings (SSSR count). The molecule has 0 radical (unpaired) electrons. The third kappa shape index (κ3) is 6.12. The molecule has 118 valence electrons. The molecule has 0 spiro atoms. The molecule has 22 heavy (non-hydrogen) atoms. The van der Waals surface area contributed by atoms with Crippen molar-refractivity contribution in [2.45, 2.75) is 44.6 Å². The van der Waals surface area contributed by atoms with Gasteiger partial charge >= 0.3 is 5.97 Å². The third-order valence-corrected chi connectivity index (χ3v) is 3.78. The second-order valence-electron chi connectivity index (χ2n) is 5.61. The molecule has 1 amide bonds. The molecule has 0 unspecified atom stereocenters. The zero-order valence-electron chi connectivity index (χ0n) is 12.8. The monoisotopic (exact) mass is 301 g/mol. The molecule has 1 aromatic rings. The number of hydrogen-bond donors (Lipinski definition) is 1. The Morgan fingerprint density at radius 1 is 1.09 bits per heavy atom. The van der Waals surface area contributed by atoms with Gasteiger partial charge in [0, 0.05) is 12.1 Å². The highest BCUT2D eigenvalue weighted by atomic mass is 16.5. The summed E-state index contributed by atoms with van der Waals surface area (Å²) in [6.07, 6.45) is 9.85. The summed E-state index contributed by atoms with van der Waals surface area (Å²) in [7, 11) is 0. The maximum absolute atomic E-state index is 11.8. The SMILES string of the molecule is O=C(COC(=O)/C=C/c1ccccc1)NC1CCCCCC1. The van der Waals surface area contributed by atoms with Crippen LogP contribution in [0, 0.1) is 0 Å². The van der Waals surface area contributed by atoms with Crippen molar-refractivity contribution < 1.29 is 14.3 Å². The molecule has 1 aliphatic rings. The molecule has 1 aromatic carbocycles. The molecular formula is C18H23NO3. The van der Waals surface area contributed by atoms with E-state index >= 15 is 0 Å². The normalized spacial score (nSPS) is 16.2. The molecule has 4 heteroatoms. The summed E-state index contributed by atoms with van der Waals surface area (Å²) in [5, 5.41) is 2.95. The topological polar surface area (TPSA) is 55.4 Å². The Kier molecular flexibility index (Phi) is 6.68. The number of hydrogen-bond acceptors (Lipinski definition) is 3. The first-order valence-corrected chi connectivity index (χ1v) is 7.93. The van der Waals surface area contributed by atoms with Gasteiger partial charge in [-0.25, -0.2) is 4.79 Å². The van der Waals surface area contributed by atoms with Crippen LogP contribution in [0.4, 0.5) is 0 Å². The molecule has 0 heterocycles. The quantitative estimate of drug-likeness (QED) is 0.516. The lowest BCUT2D eigenvalue weighted by atomic mass is 10.1. The predicted octanol–water partition coefficient (Wildman–Crippen LogP) is 3.08. The lowest BCUT2D eigenvalue weighted by Gasteiger charge is -2.15. The first-order valence-electron chi connectivity index (χ1n) is 7.93. The van der Waals surface area contributed by atoms with Crippen LogP contribution in [0.3, 0.4) is 0 Å². The smallest absolute Gasteiger partial charge is 0.331 e. The van der Waals surface area contributed by atoms with E-state index in [0.29, 0.717) is 0 Å². The highest BCUT2D eigenvalue weighted by Crippen LogP contribution is 2.17. The van der Waals surface area contributed by atoms with Crippen LogP contribution in [-0.2, 0) is 14.3 Å². The summed E-state index contributed by atoms with van der Waals surface area (Å²) in [6, 6.07) is 9.71. The van der Waals surface area contributed by atoms with E-state index in [9.17, 15) is 9.59 Å². The van der Waals surface area contributed by atoms with E-state index in [-0.39, 0.29) is 18.6 Å². The summed E-state index contributed by atoms with van der Waals surface area (Å²) >= 11 is 0. The Labute approximate surface area is 131 Å². The van der Waals surface area contributed by atoms with E-state index < -0.39 is 5.97 Å². The molecule has 4 nitrogen and oxygen atoms in total. The molecule has 0 saturated heterocycles. The molecule has 0 atom stereocenters. The van der Waals surface area contributed by atoms with Crippen molar-refractivity contribution in [2.24, 2.45) is 0 Å². The van der Waals surface area contributed by atoms with Crippen LogP contribution in [0.25, 0.3) is 6.08 Å². The molecule has 1 N–H and O–H groups in total. The fourth-order valence-corrected chi connectivity index (χ4v) is 2.61. The number of carbonyl (C=O) groups is 2. The largest absolute Gasteiger partial charge is 0.452 e. The van der Waals surface area contributed by atoms with Crippen molar-refractivity contribution in [1.82, 2.24) is 5.32 Å². The molecule has 0 bridgehead atoms. The summed E-state index contributed by atoms with van der Waals surface area (Å²) in [5.41, 5.74) is 0.919. The van der Waals surface area contributed by atoms with Crippen LogP contribution in [0.2, 0.25) is 0 Å². The van der Waals surface area contributed by atoms with E-state index in [2.05, 4.69) is 5.32 Å². The molecular weight excluding hydrogens is 278 g/mol. The standard InChI is InChI=1S/C18H23NO3/c20-17(19-16-10-6-1-2-7-11-16)14-22-18(21)13-12-15-8-4-3-5-9-15/h3-5,8-9,12-13,16H,1-2,6-7,10-11,14H2,(H,19,20)/b13-12+. The van der Waals surface area contributed by atoms with Crippen molar-refractivity contribution in [3.8, 4) is 0 Å². The summed E-state index contributed by atoms with van der Waals surface area (Å²) in [6.45, 7) is -0.214. The van der Waals surface area contributed by atoms with Gasteiger partial charge in [-0.15, -0.1) is 0 Å². The van der Waals surface area contributed by atoms with Crippen LogP contribution in [0.1, 0.15) is 44.1 Å². The number of ether oxygens (including phenoxy) is 1. The lowest BCUT2D eigenvalue weighted by Crippen LogP contribution is -2.37. The van der Waals surface area contributed by atoms with Gasteiger partial charge in [-0.3, -0.25) is 4.79 Å². The minimum Gasteiger partial charge on any atom is -0.452 e. The zero-order valence-corrected chi connectivity index (χ0v) is 12.8. The minimum absolute atomic E-state index is 0.214. The van der Waals surface area contributed by atoms with Crippen LogP contribution < -0.4 is 5.32 Å². The average Bonchev–Trinajstić information content (AvgIpc) is 2.80. The Morgan fingerprint density at radius 2 is 1.77 bits per heavy atom. The predicted molar refractivity (Wildman–Crippen MR) is 86.1 cm³/mol. The van der Waals surface area contributed by atoms with Crippen molar-refractivity contribution >= 4 is 18.0 Å². The van der Waals surface area contributed by atoms with Gasteiger partial charge in [0.05, 0.1) is 0 Å². The van der Waals surface area contributed by atoms with E-state index in [4.69, 9.17) is 4.74 Å². The Morgan fingerprint density at radius 3 is 2.45 bits per heavy atom. The van der Waals surface area contributed by atoms with Crippen LogP contribution in [-0.4, -0.2) is 24.5 Å². The van der Waals surface area contributed by atoms with Crippen molar-refractivity contribution in [1.29, 1.82) is 0 Å². The highest BCUT2D eigenvalue weighted by Gasteiger charge is 2.15. The second-order valence-corrected chi connectivity index (χ2v) is 5.61. The Balaban J connectivity index is 1.69. The molecule has 1 saturated carbocycles. The molecule has 1 fully saturated rings. The molecule has 0 aromatic heterocycles. The number of nitrogens with one attached hydrogen (secondary N) is 1. The van der Waals surface area contributed by atoms with Crippen LogP contribution >= 0.6 is 0 Å². The van der Waals surface area contributed by atoms with E-state index in [0.717, 1.165) is 31.2 Å². The van der Waals surface area contributed by atoms with Crippen molar-refractivity contribution in [2.75, 3.05) is 6.61 Å². The number of benzene rings is 1. The van der Waals surface area contributed by atoms with Gasteiger partial charge in [-0.1, -0.05) is 56.0 Å². The number of carbonyl (C=O) groups excluding carboxylic acids is 2. The lowest BCUT2D eigenvalue weighted by molar-refractivity contribution is -0.144. The molecule has 0 aliphatic heterocycles.